The van der Waals surface area contributed by atoms with Crippen LogP contribution in [0.15, 0.2) is 12.1 Å². The molecule has 1 rings (SSSR count). The molecule has 1 aromatic rings. The molecular formula is C33H60OS2. The van der Waals surface area contributed by atoms with Crippen molar-refractivity contribution in [3.8, 4) is 5.75 Å². The monoisotopic (exact) mass is 536 g/mol. The van der Waals surface area contributed by atoms with Crippen LogP contribution in [0.1, 0.15) is 161 Å². The number of aryl methyl sites for hydroxylation is 1. The summed E-state index contributed by atoms with van der Waals surface area (Å²) in [4.78, 5) is 0. The van der Waals surface area contributed by atoms with E-state index in [9.17, 15) is 5.11 Å². The van der Waals surface area contributed by atoms with Gasteiger partial charge in [-0.3, -0.25) is 0 Å². The minimum absolute atomic E-state index is 0.257. The third-order valence-corrected chi connectivity index (χ3v) is 10.3. The van der Waals surface area contributed by atoms with Crippen molar-refractivity contribution in [1.29, 1.82) is 0 Å². The van der Waals surface area contributed by atoms with E-state index >= 15 is 0 Å². The van der Waals surface area contributed by atoms with E-state index in [0.717, 1.165) is 22.6 Å². The zero-order valence-electron chi connectivity index (χ0n) is 25.1. The Hall–Kier alpha value is -0.280. The third-order valence-electron chi connectivity index (χ3n) is 7.41. The summed E-state index contributed by atoms with van der Waals surface area (Å²) in [6.07, 6.45) is 21.7. The van der Waals surface area contributed by atoms with Crippen LogP contribution in [0.4, 0.5) is 0 Å². The summed E-state index contributed by atoms with van der Waals surface area (Å²) >= 11 is 4.03. The molecule has 0 heterocycles. The number of hydrogen-bond acceptors (Lipinski definition) is 3. The van der Waals surface area contributed by atoms with Crippen molar-refractivity contribution in [1.82, 2.24) is 0 Å². The Morgan fingerprint density at radius 2 is 0.917 bits per heavy atom. The summed E-state index contributed by atoms with van der Waals surface area (Å²) in [6.45, 7) is 16.3. The first-order valence-corrected chi connectivity index (χ1v) is 17.2. The van der Waals surface area contributed by atoms with Crippen LogP contribution in [0.5, 0.6) is 5.75 Å². The topological polar surface area (TPSA) is 20.2 Å². The summed E-state index contributed by atoms with van der Waals surface area (Å²) in [5, 5.41) is 11.1. The van der Waals surface area contributed by atoms with Crippen molar-refractivity contribution in [3.63, 3.8) is 0 Å². The molecular weight excluding hydrogens is 476 g/mol. The molecule has 0 aliphatic heterocycles. The highest BCUT2D eigenvalue weighted by atomic mass is 32.2. The summed E-state index contributed by atoms with van der Waals surface area (Å²) in [6, 6.07) is 4.40. The molecule has 0 saturated heterocycles. The second-order valence-electron chi connectivity index (χ2n) is 12.3. The number of rotatable bonds is 22. The molecule has 0 amide bonds. The number of hydrogen-bond donors (Lipinski definition) is 1. The van der Waals surface area contributed by atoms with Crippen molar-refractivity contribution in [2.24, 2.45) is 0 Å². The van der Waals surface area contributed by atoms with Gasteiger partial charge in [-0.05, 0) is 19.8 Å². The average molecular weight is 537 g/mol. The zero-order valence-corrected chi connectivity index (χ0v) is 26.8. The Morgan fingerprint density at radius 3 is 1.28 bits per heavy atom. The molecule has 0 spiro atoms. The Balaban J connectivity index is 2.48. The van der Waals surface area contributed by atoms with Crippen LogP contribution in [-0.4, -0.2) is 14.6 Å². The molecule has 36 heavy (non-hydrogen) atoms. The highest BCUT2D eigenvalue weighted by Crippen LogP contribution is 2.39. The quantitative estimate of drug-likeness (QED) is 0.149. The maximum atomic E-state index is 11.1. The molecule has 1 aromatic carbocycles. The van der Waals surface area contributed by atoms with Crippen LogP contribution in [0.3, 0.4) is 0 Å². The fraction of sp³-hybridized carbons (Fsp3) is 0.818. The van der Waals surface area contributed by atoms with Crippen molar-refractivity contribution < 1.29 is 5.11 Å². The Kier molecular flexibility index (Phi) is 17.7. The summed E-state index contributed by atoms with van der Waals surface area (Å²) in [5.74, 6) is 2.34. The van der Waals surface area contributed by atoms with Gasteiger partial charge < -0.3 is 5.11 Å². The highest BCUT2D eigenvalue weighted by molar-refractivity contribution is 8.00. The molecule has 0 aliphatic carbocycles. The summed E-state index contributed by atoms with van der Waals surface area (Å²) in [5.41, 5.74) is 3.51. The van der Waals surface area contributed by atoms with Crippen molar-refractivity contribution in [2.75, 3.05) is 0 Å². The van der Waals surface area contributed by atoms with E-state index in [4.69, 9.17) is 0 Å². The molecule has 0 aromatic heterocycles. The molecule has 0 aliphatic rings. The smallest absolute Gasteiger partial charge is 0.123 e. The molecule has 0 fully saturated rings. The lowest BCUT2D eigenvalue weighted by atomic mass is 10.0. The van der Waals surface area contributed by atoms with Crippen LogP contribution in [-0.2, 0) is 11.5 Å². The van der Waals surface area contributed by atoms with Gasteiger partial charge >= 0.3 is 0 Å². The molecule has 0 saturated carbocycles. The fourth-order valence-corrected chi connectivity index (χ4v) is 6.97. The van der Waals surface area contributed by atoms with Crippen LogP contribution in [0, 0.1) is 6.92 Å². The Bertz CT molecular complexity index is 640. The molecule has 3 heteroatoms. The van der Waals surface area contributed by atoms with E-state index in [2.05, 4.69) is 60.6 Å². The van der Waals surface area contributed by atoms with E-state index < -0.39 is 0 Å². The van der Waals surface area contributed by atoms with E-state index in [1.165, 1.54) is 108 Å². The molecule has 0 unspecified atom stereocenters. The number of unbranched alkanes of at least 4 members (excludes halogenated alkanes) is 12. The Morgan fingerprint density at radius 1 is 0.583 bits per heavy atom. The van der Waals surface area contributed by atoms with Crippen LogP contribution < -0.4 is 0 Å². The lowest BCUT2D eigenvalue weighted by Gasteiger charge is -2.26. The summed E-state index contributed by atoms with van der Waals surface area (Å²) in [7, 11) is 0. The molecule has 1 N–H and O–H groups in total. The van der Waals surface area contributed by atoms with Gasteiger partial charge in [0.05, 0.1) is 0 Å². The zero-order chi connectivity index (χ0) is 26.9. The highest BCUT2D eigenvalue weighted by Gasteiger charge is 2.22. The molecule has 210 valence electrons. The van der Waals surface area contributed by atoms with Gasteiger partial charge in [0.15, 0.2) is 0 Å². The van der Waals surface area contributed by atoms with Crippen LogP contribution in [0.25, 0.3) is 0 Å². The molecule has 0 bridgehead atoms. The van der Waals surface area contributed by atoms with Gasteiger partial charge in [-0.1, -0.05) is 149 Å². The van der Waals surface area contributed by atoms with E-state index in [0.29, 0.717) is 5.75 Å². The predicted molar refractivity (Wildman–Crippen MR) is 169 cm³/mol. The van der Waals surface area contributed by atoms with Crippen molar-refractivity contribution in [3.05, 3.63) is 28.8 Å². The van der Waals surface area contributed by atoms with E-state index in [1.807, 2.05) is 23.5 Å². The molecule has 0 radical (unpaired) electrons. The average Bonchev–Trinajstić information content (AvgIpc) is 2.82. The van der Waals surface area contributed by atoms with E-state index in [-0.39, 0.29) is 9.49 Å². The molecule has 0 atom stereocenters. The normalized spacial score (nSPS) is 12.4. The van der Waals surface area contributed by atoms with E-state index in [1.54, 1.807) is 0 Å². The SMILES string of the molecule is CCCCCCCCCC(C)(C)SCc1cc(C)cc(CSC(C)(C)CCCCCCCCC)c1O. The first kappa shape index (κ1) is 33.7. The van der Waals surface area contributed by atoms with Gasteiger partial charge in [0, 0.05) is 32.1 Å². The first-order chi connectivity index (χ1) is 17.1. The van der Waals surface area contributed by atoms with Gasteiger partial charge in [-0.2, -0.15) is 23.5 Å². The number of aromatic hydroxyl groups is 1. The van der Waals surface area contributed by atoms with Gasteiger partial charge in [-0.15, -0.1) is 0 Å². The minimum atomic E-state index is 0.257. The predicted octanol–water partition coefficient (Wildman–Crippen LogP) is 12.0. The number of thioether (sulfide) groups is 2. The Labute approximate surface area is 234 Å². The number of phenols is 1. The molecule has 1 nitrogen and oxygen atoms in total. The minimum Gasteiger partial charge on any atom is -0.507 e. The van der Waals surface area contributed by atoms with Crippen molar-refractivity contribution >= 4 is 23.5 Å². The van der Waals surface area contributed by atoms with Crippen LogP contribution >= 0.6 is 23.5 Å². The van der Waals surface area contributed by atoms with Gasteiger partial charge in [0.25, 0.3) is 0 Å². The lowest BCUT2D eigenvalue weighted by Crippen LogP contribution is -2.15. The standard InChI is InChI=1S/C33H60OS2/c1-8-10-12-14-16-18-20-22-32(4,5)35-26-29-24-28(3)25-30(31(29)34)27-36-33(6,7)23-21-19-17-15-13-11-9-2/h24-25,34H,8-23,26-27H2,1-7H3. The first-order valence-electron chi connectivity index (χ1n) is 15.2. The maximum Gasteiger partial charge on any atom is 0.123 e. The van der Waals surface area contributed by atoms with Crippen molar-refractivity contribution in [2.45, 2.75) is 172 Å². The second kappa shape index (κ2) is 18.9. The maximum absolute atomic E-state index is 11.1. The summed E-state index contributed by atoms with van der Waals surface area (Å²) < 4.78 is 0.514. The number of phenolic OH excluding ortho intramolecular Hbond substituents is 1. The fourth-order valence-electron chi connectivity index (χ4n) is 4.86. The largest absolute Gasteiger partial charge is 0.507 e. The second-order valence-corrected chi connectivity index (χ2v) is 15.6. The van der Waals surface area contributed by atoms with Crippen LogP contribution in [0.2, 0.25) is 0 Å². The van der Waals surface area contributed by atoms with Gasteiger partial charge in [0.2, 0.25) is 0 Å². The lowest BCUT2D eigenvalue weighted by molar-refractivity contribution is 0.465. The third kappa shape index (κ3) is 15.9. The van der Waals surface area contributed by atoms with Gasteiger partial charge in [-0.25, -0.2) is 0 Å². The van der Waals surface area contributed by atoms with Gasteiger partial charge in [0.1, 0.15) is 5.75 Å². The number of benzene rings is 1.